The van der Waals surface area contributed by atoms with Gasteiger partial charge in [0.25, 0.3) is 0 Å². The summed E-state index contributed by atoms with van der Waals surface area (Å²) in [4.78, 5) is 8.31. The summed E-state index contributed by atoms with van der Waals surface area (Å²) < 4.78 is 52.7. The molecule has 0 atom stereocenters. The predicted octanol–water partition coefficient (Wildman–Crippen LogP) is 3.34. The largest absolute Gasteiger partial charge is 0.493 e. The van der Waals surface area contributed by atoms with Gasteiger partial charge in [-0.3, -0.25) is 0 Å². The van der Waals surface area contributed by atoms with Gasteiger partial charge in [-0.05, 0) is 37.1 Å². The van der Waals surface area contributed by atoms with Crippen LogP contribution in [0.25, 0.3) is 0 Å². The van der Waals surface area contributed by atoms with Crippen molar-refractivity contribution in [2.24, 2.45) is 4.99 Å². The molecule has 170 valence electrons. The molecule has 0 aliphatic carbocycles. The molecule has 1 aromatic carbocycles. The van der Waals surface area contributed by atoms with Gasteiger partial charge in [0, 0.05) is 24.8 Å². The molecule has 2 rings (SSSR count). The number of hydrogen-bond acceptors (Lipinski definition) is 5. The third-order valence-electron chi connectivity index (χ3n) is 4.13. The highest BCUT2D eigenvalue weighted by Gasteiger charge is 2.29. The zero-order valence-electron chi connectivity index (χ0n) is 17.8. The van der Waals surface area contributed by atoms with Crippen molar-refractivity contribution in [3.63, 3.8) is 0 Å². The summed E-state index contributed by atoms with van der Waals surface area (Å²) in [5, 5.41) is 6.32. The highest BCUT2D eigenvalue weighted by atomic mass is 19.4. The number of aromatic nitrogens is 1. The van der Waals surface area contributed by atoms with Crippen molar-refractivity contribution in [3.05, 3.63) is 47.7 Å². The van der Waals surface area contributed by atoms with Crippen molar-refractivity contribution < 1.29 is 27.4 Å². The average Bonchev–Trinajstić information content (AvgIpc) is 2.75. The number of alkyl halides is 3. The number of halogens is 3. The number of rotatable bonds is 10. The van der Waals surface area contributed by atoms with Crippen LogP contribution in [0.5, 0.6) is 17.4 Å². The minimum absolute atomic E-state index is 0.0789. The van der Waals surface area contributed by atoms with Gasteiger partial charge < -0.3 is 24.8 Å². The quantitative estimate of drug-likeness (QED) is 0.436. The van der Waals surface area contributed by atoms with Crippen LogP contribution in [0.4, 0.5) is 13.2 Å². The molecule has 0 radical (unpaired) electrons. The van der Waals surface area contributed by atoms with E-state index in [1.807, 2.05) is 25.1 Å². The fraction of sp³-hybridized carbons (Fsp3) is 0.429. The van der Waals surface area contributed by atoms with Gasteiger partial charge in [-0.15, -0.1) is 0 Å². The molecule has 0 aliphatic heterocycles. The van der Waals surface area contributed by atoms with Crippen LogP contribution >= 0.6 is 0 Å². The second-order valence-corrected chi connectivity index (χ2v) is 6.43. The lowest BCUT2D eigenvalue weighted by atomic mass is 10.1. The van der Waals surface area contributed by atoms with Crippen LogP contribution in [0.2, 0.25) is 0 Å². The third-order valence-corrected chi connectivity index (χ3v) is 4.13. The van der Waals surface area contributed by atoms with E-state index in [1.54, 1.807) is 26.4 Å². The summed E-state index contributed by atoms with van der Waals surface area (Å²) in [7, 11) is 3.17. The lowest BCUT2D eigenvalue weighted by Crippen LogP contribution is -2.38. The van der Waals surface area contributed by atoms with E-state index in [9.17, 15) is 13.2 Å². The van der Waals surface area contributed by atoms with Crippen molar-refractivity contribution in [2.45, 2.75) is 26.1 Å². The Morgan fingerprint density at radius 3 is 2.55 bits per heavy atom. The van der Waals surface area contributed by atoms with Crippen LogP contribution in [0.15, 0.2) is 41.5 Å². The average molecular weight is 440 g/mol. The number of benzene rings is 1. The van der Waals surface area contributed by atoms with E-state index in [2.05, 4.69) is 20.6 Å². The van der Waals surface area contributed by atoms with E-state index in [4.69, 9.17) is 14.2 Å². The van der Waals surface area contributed by atoms with Crippen LogP contribution in [-0.2, 0) is 13.0 Å². The molecule has 10 heteroatoms. The molecule has 0 bridgehead atoms. The van der Waals surface area contributed by atoms with E-state index in [0.29, 0.717) is 42.5 Å². The highest BCUT2D eigenvalue weighted by Crippen LogP contribution is 2.27. The van der Waals surface area contributed by atoms with Gasteiger partial charge >= 0.3 is 6.18 Å². The Labute approximate surface area is 179 Å². The molecule has 0 unspecified atom stereocenters. The number of methoxy groups -OCH3 is 2. The highest BCUT2D eigenvalue weighted by molar-refractivity contribution is 5.79. The van der Waals surface area contributed by atoms with Crippen molar-refractivity contribution in [3.8, 4) is 17.4 Å². The number of hydrogen-bond donors (Lipinski definition) is 2. The van der Waals surface area contributed by atoms with Gasteiger partial charge in [0.1, 0.15) is 0 Å². The first-order valence-corrected chi connectivity index (χ1v) is 9.72. The molecule has 0 fully saturated rings. The number of pyridine rings is 1. The van der Waals surface area contributed by atoms with Crippen LogP contribution < -0.4 is 24.8 Å². The monoisotopic (exact) mass is 440 g/mol. The first kappa shape index (κ1) is 24.1. The summed E-state index contributed by atoms with van der Waals surface area (Å²) in [6.07, 6.45) is -2.35. The molecular weight excluding hydrogens is 413 g/mol. The van der Waals surface area contributed by atoms with Crippen LogP contribution in [0, 0.1) is 0 Å². The molecule has 31 heavy (non-hydrogen) atoms. The number of aliphatic imine (C=N–C) groups is 1. The lowest BCUT2D eigenvalue weighted by Gasteiger charge is -2.14. The normalized spacial score (nSPS) is 11.7. The van der Waals surface area contributed by atoms with Crippen molar-refractivity contribution >= 4 is 5.96 Å². The lowest BCUT2D eigenvalue weighted by molar-refractivity contribution is -0.154. The summed E-state index contributed by atoms with van der Waals surface area (Å²) >= 11 is 0. The molecule has 7 nitrogen and oxygen atoms in total. The van der Waals surface area contributed by atoms with Crippen molar-refractivity contribution in [1.29, 1.82) is 0 Å². The van der Waals surface area contributed by atoms with Crippen LogP contribution in [0.3, 0.4) is 0 Å². The molecule has 2 aromatic rings. The second kappa shape index (κ2) is 11.9. The zero-order chi connectivity index (χ0) is 22.7. The molecule has 0 saturated carbocycles. The Bertz CT molecular complexity index is 860. The minimum atomic E-state index is -4.43. The zero-order valence-corrected chi connectivity index (χ0v) is 17.8. The van der Waals surface area contributed by atoms with E-state index >= 15 is 0 Å². The van der Waals surface area contributed by atoms with Crippen LogP contribution in [0.1, 0.15) is 18.1 Å². The summed E-state index contributed by atoms with van der Waals surface area (Å²) in [5.74, 6) is 1.77. The summed E-state index contributed by atoms with van der Waals surface area (Å²) in [6.45, 7) is 1.86. The van der Waals surface area contributed by atoms with Crippen molar-refractivity contribution in [1.82, 2.24) is 15.6 Å². The van der Waals surface area contributed by atoms with E-state index < -0.39 is 12.8 Å². The van der Waals surface area contributed by atoms with Gasteiger partial charge in [0.05, 0.1) is 20.8 Å². The maximum Gasteiger partial charge on any atom is 0.422 e. The summed E-state index contributed by atoms with van der Waals surface area (Å²) in [6, 6.07) is 8.97. The standard InChI is InChI=1S/C21H27F3N4O3/c1-4-25-20(27-11-9-15-7-8-17(29-2)18(12-15)30-3)28-13-16-6-5-10-26-19(16)31-14-21(22,23)24/h5-8,10,12H,4,9,11,13-14H2,1-3H3,(H2,25,27,28). The molecule has 1 aromatic heterocycles. The molecule has 1 heterocycles. The molecule has 0 amide bonds. The van der Waals surface area contributed by atoms with Gasteiger partial charge in [0.15, 0.2) is 24.1 Å². The first-order valence-electron chi connectivity index (χ1n) is 9.72. The first-order chi connectivity index (χ1) is 14.9. The van der Waals surface area contributed by atoms with E-state index in [-0.39, 0.29) is 12.4 Å². The number of nitrogens with one attached hydrogen (secondary N) is 2. The van der Waals surface area contributed by atoms with Crippen molar-refractivity contribution in [2.75, 3.05) is 33.9 Å². The Kier molecular flexibility index (Phi) is 9.23. The number of guanidine groups is 1. The summed E-state index contributed by atoms with van der Waals surface area (Å²) in [5.41, 5.74) is 1.51. The molecule has 0 aliphatic rings. The third kappa shape index (κ3) is 8.23. The molecular formula is C21H27F3N4O3. The molecule has 0 spiro atoms. The molecule has 0 saturated heterocycles. The topological polar surface area (TPSA) is 77.0 Å². The van der Waals surface area contributed by atoms with Gasteiger partial charge in [0.2, 0.25) is 5.88 Å². The maximum absolute atomic E-state index is 12.4. The van der Waals surface area contributed by atoms with Gasteiger partial charge in [-0.1, -0.05) is 12.1 Å². The van der Waals surface area contributed by atoms with E-state index in [0.717, 1.165) is 5.56 Å². The number of nitrogens with zero attached hydrogens (tertiary/aromatic N) is 2. The Hall–Kier alpha value is -3.17. The Morgan fingerprint density at radius 1 is 1.10 bits per heavy atom. The Balaban J connectivity index is 1.98. The fourth-order valence-corrected chi connectivity index (χ4v) is 2.69. The molecule has 2 N–H and O–H groups in total. The minimum Gasteiger partial charge on any atom is -0.493 e. The fourth-order valence-electron chi connectivity index (χ4n) is 2.69. The van der Waals surface area contributed by atoms with Crippen LogP contribution in [-0.4, -0.2) is 51.0 Å². The predicted molar refractivity (Wildman–Crippen MR) is 112 cm³/mol. The maximum atomic E-state index is 12.4. The van der Waals surface area contributed by atoms with Gasteiger partial charge in [-0.2, -0.15) is 13.2 Å². The number of ether oxygens (including phenoxy) is 3. The Morgan fingerprint density at radius 2 is 1.87 bits per heavy atom. The van der Waals surface area contributed by atoms with E-state index in [1.165, 1.54) is 6.20 Å². The van der Waals surface area contributed by atoms with Gasteiger partial charge in [-0.25, -0.2) is 9.98 Å². The smallest absolute Gasteiger partial charge is 0.422 e. The second-order valence-electron chi connectivity index (χ2n) is 6.43. The SMILES string of the molecule is CCNC(=NCc1cccnc1OCC(F)(F)F)NCCc1ccc(OC)c(OC)c1.